The zero-order valence-corrected chi connectivity index (χ0v) is 12.2. The zero-order chi connectivity index (χ0) is 13.6. The van der Waals surface area contributed by atoms with E-state index in [9.17, 15) is 9.18 Å². The number of carbonyl (C=O) groups is 1. The maximum atomic E-state index is 13.7. The van der Waals surface area contributed by atoms with Crippen molar-refractivity contribution in [1.82, 2.24) is 0 Å². The van der Waals surface area contributed by atoms with E-state index >= 15 is 0 Å². The minimum Gasteiger partial charge on any atom is -0.378 e. The van der Waals surface area contributed by atoms with E-state index in [2.05, 4.69) is 21.2 Å². The number of ether oxygens (including phenoxy) is 1. The molecule has 1 aromatic carbocycles. The number of hydrogen-bond donors (Lipinski definition) is 1. The lowest BCUT2D eigenvalue weighted by Gasteiger charge is -2.36. The average molecular weight is 328 g/mol. The summed E-state index contributed by atoms with van der Waals surface area (Å²) in [5.41, 5.74) is 0.855. The number of fused-ring (bicyclic) bond motifs is 2. The summed E-state index contributed by atoms with van der Waals surface area (Å²) >= 11 is 3.32. The molecule has 0 bridgehead atoms. The van der Waals surface area contributed by atoms with E-state index in [1.807, 2.05) is 6.92 Å². The lowest BCUT2D eigenvalue weighted by atomic mass is 9.73. The number of benzene rings is 1. The Balaban J connectivity index is 2.11. The number of nitrogens with one attached hydrogen (secondary N) is 1. The largest absolute Gasteiger partial charge is 0.378 e. The van der Waals surface area contributed by atoms with Crippen LogP contribution in [0.15, 0.2) is 16.6 Å². The molecule has 2 heterocycles. The van der Waals surface area contributed by atoms with Gasteiger partial charge in [-0.3, -0.25) is 4.79 Å². The highest BCUT2D eigenvalue weighted by Gasteiger charge is 2.50. The summed E-state index contributed by atoms with van der Waals surface area (Å²) in [4.78, 5) is 12.4. The van der Waals surface area contributed by atoms with Crippen molar-refractivity contribution >= 4 is 27.5 Å². The van der Waals surface area contributed by atoms with Crippen molar-refractivity contribution < 1.29 is 13.9 Å². The van der Waals surface area contributed by atoms with Crippen molar-refractivity contribution in [3.8, 4) is 0 Å². The van der Waals surface area contributed by atoms with E-state index in [-0.39, 0.29) is 17.8 Å². The fourth-order valence-corrected chi connectivity index (χ4v) is 3.63. The van der Waals surface area contributed by atoms with Crippen LogP contribution in [-0.2, 0) is 14.9 Å². The molecule has 3 rings (SSSR count). The number of anilines is 1. The highest BCUT2D eigenvalue weighted by atomic mass is 79.9. The van der Waals surface area contributed by atoms with Crippen molar-refractivity contribution in [3.05, 3.63) is 28.0 Å². The van der Waals surface area contributed by atoms with Crippen LogP contribution >= 0.6 is 15.9 Å². The number of carbonyl (C=O) groups excluding carboxylic acids is 1. The van der Waals surface area contributed by atoms with Gasteiger partial charge in [-0.1, -0.05) is 6.92 Å². The summed E-state index contributed by atoms with van der Waals surface area (Å²) in [5.74, 6) is -0.350. The van der Waals surface area contributed by atoms with E-state index < -0.39 is 5.41 Å². The van der Waals surface area contributed by atoms with Crippen LogP contribution in [0.3, 0.4) is 0 Å². The van der Waals surface area contributed by atoms with Crippen LogP contribution in [-0.4, -0.2) is 18.6 Å². The molecule has 0 radical (unpaired) electrons. The van der Waals surface area contributed by atoms with Gasteiger partial charge in [0, 0.05) is 11.1 Å². The zero-order valence-electron chi connectivity index (χ0n) is 10.6. The maximum absolute atomic E-state index is 13.7. The molecule has 1 N–H and O–H groups in total. The third-order valence-electron chi connectivity index (χ3n) is 4.16. The fourth-order valence-electron chi connectivity index (χ4n) is 3.10. The Hall–Kier alpha value is -0.940. The number of amides is 1. The Kier molecular flexibility index (Phi) is 3.14. The first kappa shape index (κ1) is 13.1. The average Bonchev–Trinajstić information content (AvgIpc) is 2.65. The summed E-state index contributed by atoms with van der Waals surface area (Å²) in [7, 11) is 0. The standard InChI is InChI=1S/C14H15BrFNO2/c1-2-9-7-14(3-4-19-9)10-5-8(16)6-11(15)12(10)17-13(14)18/h5-6,9H,2-4,7H2,1H3,(H,17,18). The molecule has 19 heavy (non-hydrogen) atoms. The lowest BCUT2D eigenvalue weighted by molar-refractivity contribution is -0.126. The van der Waals surface area contributed by atoms with Crippen LogP contribution in [0.1, 0.15) is 31.7 Å². The van der Waals surface area contributed by atoms with E-state index in [0.29, 0.717) is 29.6 Å². The van der Waals surface area contributed by atoms with Crippen LogP contribution < -0.4 is 5.32 Å². The second kappa shape index (κ2) is 4.56. The Morgan fingerprint density at radius 3 is 3.11 bits per heavy atom. The third kappa shape index (κ3) is 1.91. The number of rotatable bonds is 1. The summed E-state index contributed by atoms with van der Waals surface area (Å²) in [6, 6.07) is 2.87. The van der Waals surface area contributed by atoms with Gasteiger partial charge >= 0.3 is 0 Å². The monoisotopic (exact) mass is 327 g/mol. The van der Waals surface area contributed by atoms with E-state index in [1.54, 1.807) is 0 Å². The number of hydrogen-bond acceptors (Lipinski definition) is 2. The molecule has 1 amide bonds. The minimum absolute atomic E-state index is 0.0319. The van der Waals surface area contributed by atoms with Crippen molar-refractivity contribution in [2.45, 2.75) is 37.7 Å². The molecule has 0 aromatic heterocycles. The molecular weight excluding hydrogens is 313 g/mol. The summed E-state index contributed by atoms with van der Waals surface area (Å²) in [6.45, 7) is 2.58. The van der Waals surface area contributed by atoms with Crippen LogP contribution in [0.5, 0.6) is 0 Å². The first-order chi connectivity index (χ1) is 9.06. The predicted octanol–water partition coefficient (Wildman–Crippen LogP) is 3.37. The quantitative estimate of drug-likeness (QED) is 0.858. The summed E-state index contributed by atoms with van der Waals surface area (Å²) in [6.07, 6.45) is 2.16. The van der Waals surface area contributed by atoms with Gasteiger partial charge in [0.05, 0.1) is 17.2 Å². The predicted molar refractivity (Wildman–Crippen MR) is 73.7 cm³/mol. The van der Waals surface area contributed by atoms with Crippen LogP contribution in [0.4, 0.5) is 10.1 Å². The van der Waals surface area contributed by atoms with Gasteiger partial charge in [-0.15, -0.1) is 0 Å². The van der Waals surface area contributed by atoms with E-state index in [0.717, 1.165) is 12.0 Å². The molecule has 1 spiro atoms. The SMILES string of the molecule is CCC1CC2(CCO1)C(=O)Nc1c(Br)cc(F)cc12. The van der Waals surface area contributed by atoms with Crippen molar-refractivity contribution in [3.63, 3.8) is 0 Å². The molecule has 0 aliphatic carbocycles. The molecular formula is C14H15BrFNO2. The fraction of sp³-hybridized carbons (Fsp3) is 0.500. The van der Waals surface area contributed by atoms with Crippen molar-refractivity contribution in [2.75, 3.05) is 11.9 Å². The maximum Gasteiger partial charge on any atom is 0.235 e. The minimum atomic E-state index is -0.626. The van der Waals surface area contributed by atoms with Gasteiger partial charge < -0.3 is 10.1 Å². The van der Waals surface area contributed by atoms with Crippen molar-refractivity contribution in [2.24, 2.45) is 0 Å². The Labute approximate surface area is 119 Å². The first-order valence-electron chi connectivity index (χ1n) is 6.49. The highest BCUT2D eigenvalue weighted by Crippen LogP contribution is 2.48. The van der Waals surface area contributed by atoms with Gasteiger partial charge in [0.25, 0.3) is 0 Å². The molecule has 2 aliphatic rings. The first-order valence-corrected chi connectivity index (χ1v) is 7.28. The number of halogens is 2. The van der Waals surface area contributed by atoms with Gasteiger partial charge in [0.1, 0.15) is 5.82 Å². The third-order valence-corrected chi connectivity index (χ3v) is 4.78. The molecule has 2 atom stereocenters. The summed E-state index contributed by atoms with van der Waals surface area (Å²) in [5, 5.41) is 2.89. The second-order valence-corrected chi connectivity index (χ2v) is 6.06. The van der Waals surface area contributed by atoms with E-state index in [1.165, 1.54) is 12.1 Å². The Morgan fingerprint density at radius 2 is 2.37 bits per heavy atom. The normalized spacial score (nSPS) is 29.4. The van der Waals surface area contributed by atoms with Gasteiger partial charge in [-0.25, -0.2) is 4.39 Å². The van der Waals surface area contributed by atoms with Gasteiger partial charge in [-0.05, 0) is 52.9 Å². The Morgan fingerprint density at radius 1 is 1.58 bits per heavy atom. The second-order valence-electron chi connectivity index (χ2n) is 5.20. The van der Waals surface area contributed by atoms with E-state index in [4.69, 9.17) is 4.74 Å². The van der Waals surface area contributed by atoms with Gasteiger partial charge in [-0.2, -0.15) is 0 Å². The topological polar surface area (TPSA) is 38.3 Å². The molecule has 1 fully saturated rings. The Bertz CT molecular complexity index is 548. The van der Waals surface area contributed by atoms with Crippen LogP contribution in [0.25, 0.3) is 0 Å². The molecule has 3 nitrogen and oxygen atoms in total. The molecule has 1 aromatic rings. The molecule has 2 aliphatic heterocycles. The lowest BCUT2D eigenvalue weighted by Crippen LogP contribution is -2.43. The smallest absolute Gasteiger partial charge is 0.235 e. The molecule has 102 valence electrons. The molecule has 1 saturated heterocycles. The molecule has 5 heteroatoms. The van der Waals surface area contributed by atoms with Crippen LogP contribution in [0.2, 0.25) is 0 Å². The highest BCUT2D eigenvalue weighted by molar-refractivity contribution is 9.10. The van der Waals surface area contributed by atoms with Gasteiger partial charge in [0.15, 0.2) is 0 Å². The summed E-state index contributed by atoms with van der Waals surface area (Å²) < 4.78 is 19.9. The van der Waals surface area contributed by atoms with Crippen molar-refractivity contribution in [1.29, 1.82) is 0 Å². The van der Waals surface area contributed by atoms with Crippen LogP contribution in [0, 0.1) is 5.82 Å². The van der Waals surface area contributed by atoms with Gasteiger partial charge in [0.2, 0.25) is 5.91 Å². The molecule has 0 saturated carbocycles. The molecule has 2 unspecified atom stereocenters.